The first-order chi connectivity index (χ1) is 16.6. The van der Waals surface area contributed by atoms with Crippen molar-refractivity contribution in [2.45, 2.75) is 70.0 Å². The quantitative estimate of drug-likeness (QED) is 0.592. The Labute approximate surface area is 200 Å². The van der Waals surface area contributed by atoms with Crippen LogP contribution in [-0.4, -0.2) is 64.7 Å². The first-order valence-electron chi connectivity index (χ1n) is 12.9. The summed E-state index contributed by atoms with van der Waals surface area (Å²) in [5.74, 6) is 1.15. The second kappa shape index (κ2) is 10.5. The average Bonchev–Trinajstić information content (AvgIpc) is 3.48. The second-order valence-corrected chi connectivity index (χ2v) is 10.4. The maximum atomic E-state index is 11.5. The zero-order chi connectivity index (χ0) is 23.5. The standard InChI is InChI=1S/C26H36N2O6/c29-19-7-9-20(10-8-19)33-22-5-2-6-23-24(22)25(27-34-23)32-16-17-11-13-28(14-12-17)15-18-3-1-4-21(18)26(30)31/h2,5-6,17-21,29H,1,3-4,7-16H2,(H,30,31). The van der Waals surface area contributed by atoms with E-state index in [0.717, 1.165) is 88.6 Å². The molecule has 2 atom stereocenters. The molecule has 0 radical (unpaired) electrons. The number of carboxylic acid groups (broad SMARTS) is 1. The number of benzene rings is 1. The van der Waals surface area contributed by atoms with Gasteiger partial charge >= 0.3 is 5.97 Å². The van der Waals surface area contributed by atoms with Crippen LogP contribution < -0.4 is 9.47 Å². The van der Waals surface area contributed by atoms with Crippen molar-refractivity contribution in [2.24, 2.45) is 17.8 Å². The van der Waals surface area contributed by atoms with Crippen LogP contribution in [0.3, 0.4) is 0 Å². The summed E-state index contributed by atoms with van der Waals surface area (Å²) in [5.41, 5.74) is 0.655. The van der Waals surface area contributed by atoms with Gasteiger partial charge in [0.15, 0.2) is 5.58 Å². The van der Waals surface area contributed by atoms with E-state index >= 15 is 0 Å². The Kier molecular flexibility index (Phi) is 7.25. The number of rotatable bonds is 8. The lowest BCUT2D eigenvalue weighted by Crippen LogP contribution is -2.40. The molecule has 2 saturated carbocycles. The Morgan fingerprint density at radius 1 is 1.09 bits per heavy atom. The Bertz CT molecular complexity index is 961. The van der Waals surface area contributed by atoms with Gasteiger partial charge in [-0.3, -0.25) is 4.79 Å². The smallest absolute Gasteiger partial charge is 0.306 e. The molecule has 5 rings (SSSR count). The Morgan fingerprint density at radius 2 is 1.88 bits per heavy atom. The number of ether oxygens (including phenoxy) is 2. The molecule has 1 aromatic heterocycles. The number of nitrogens with zero attached hydrogens (tertiary/aromatic N) is 2. The van der Waals surface area contributed by atoms with Crippen molar-refractivity contribution in [2.75, 3.05) is 26.2 Å². The number of carbonyl (C=O) groups is 1. The molecule has 2 aromatic rings. The van der Waals surface area contributed by atoms with E-state index in [0.29, 0.717) is 24.0 Å². The second-order valence-electron chi connectivity index (χ2n) is 10.4. The van der Waals surface area contributed by atoms with Crippen molar-refractivity contribution in [1.82, 2.24) is 10.1 Å². The van der Waals surface area contributed by atoms with Gasteiger partial charge in [-0.05, 0) is 93.6 Å². The number of aliphatic carboxylic acids is 1. The van der Waals surface area contributed by atoms with Gasteiger partial charge in [0.25, 0.3) is 5.88 Å². The number of fused-ring (bicyclic) bond motifs is 1. The molecule has 8 heteroatoms. The summed E-state index contributed by atoms with van der Waals surface area (Å²) in [5, 5.41) is 24.2. The van der Waals surface area contributed by atoms with Crippen molar-refractivity contribution in [3.8, 4) is 11.6 Å². The lowest BCUT2D eigenvalue weighted by molar-refractivity contribution is -0.143. The third-order valence-electron chi connectivity index (χ3n) is 8.00. The predicted octanol–water partition coefficient (Wildman–Crippen LogP) is 4.10. The number of carboxylic acids is 1. The van der Waals surface area contributed by atoms with Crippen molar-refractivity contribution in [3.05, 3.63) is 18.2 Å². The van der Waals surface area contributed by atoms with Crippen LogP contribution in [0.1, 0.15) is 57.8 Å². The Hall–Kier alpha value is -2.32. The summed E-state index contributed by atoms with van der Waals surface area (Å²) in [6, 6.07) is 5.71. The molecule has 34 heavy (non-hydrogen) atoms. The fourth-order valence-electron chi connectivity index (χ4n) is 5.92. The van der Waals surface area contributed by atoms with Gasteiger partial charge in [0, 0.05) is 6.54 Å². The van der Waals surface area contributed by atoms with Gasteiger partial charge in [-0.2, -0.15) is 0 Å². The topological polar surface area (TPSA) is 105 Å². The van der Waals surface area contributed by atoms with Crippen LogP contribution in [0.15, 0.2) is 22.7 Å². The number of aliphatic hydroxyl groups excluding tert-OH is 1. The van der Waals surface area contributed by atoms with Crippen molar-refractivity contribution in [3.63, 3.8) is 0 Å². The van der Waals surface area contributed by atoms with Crippen LogP contribution in [0, 0.1) is 17.8 Å². The van der Waals surface area contributed by atoms with Gasteiger partial charge in [0.05, 0.1) is 24.7 Å². The molecule has 2 heterocycles. The maximum absolute atomic E-state index is 11.5. The highest BCUT2D eigenvalue weighted by molar-refractivity contribution is 5.88. The van der Waals surface area contributed by atoms with E-state index < -0.39 is 5.97 Å². The maximum Gasteiger partial charge on any atom is 0.306 e. The lowest BCUT2D eigenvalue weighted by Gasteiger charge is -2.34. The molecule has 1 aliphatic heterocycles. The Morgan fingerprint density at radius 3 is 2.65 bits per heavy atom. The molecule has 2 unspecified atom stereocenters. The van der Waals surface area contributed by atoms with E-state index in [-0.39, 0.29) is 24.0 Å². The molecule has 0 bridgehead atoms. The number of hydrogen-bond donors (Lipinski definition) is 2. The first kappa shape index (κ1) is 23.4. The van der Waals surface area contributed by atoms with E-state index in [1.165, 1.54) is 0 Å². The van der Waals surface area contributed by atoms with Gasteiger partial charge < -0.3 is 29.1 Å². The van der Waals surface area contributed by atoms with Crippen LogP contribution in [-0.2, 0) is 4.79 Å². The van der Waals surface area contributed by atoms with Crippen LogP contribution in [0.5, 0.6) is 11.6 Å². The molecule has 2 N–H and O–H groups in total. The molecule has 0 spiro atoms. The number of hydrogen-bond acceptors (Lipinski definition) is 7. The first-order valence-corrected chi connectivity index (χ1v) is 12.9. The van der Waals surface area contributed by atoms with Gasteiger partial charge in [-0.1, -0.05) is 12.5 Å². The lowest BCUT2D eigenvalue weighted by atomic mass is 9.93. The van der Waals surface area contributed by atoms with E-state index in [1.807, 2.05) is 18.2 Å². The number of piperidine rings is 1. The largest absolute Gasteiger partial charge is 0.489 e. The molecule has 2 aliphatic carbocycles. The van der Waals surface area contributed by atoms with Crippen molar-refractivity contribution >= 4 is 16.9 Å². The molecular formula is C26H36N2O6. The monoisotopic (exact) mass is 472 g/mol. The van der Waals surface area contributed by atoms with Crippen molar-refractivity contribution in [1.29, 1.82) is 0 Å². The van der Waals surface area contributed by atoms with Crippen LogP contribution in [0.25, 0.3) is 11.0 Å². The van der Waals surface area contributed by atoms with Gasteiger partial charge in [-0.15, -0.1) is 0 Å². The SMILES string of the molecule is O=C(O)C1CCCC1CN1CCC(COc2noc3cccc(OC4CCC(O)CC4)c23)CC1. The molecular weight excluding hydrogens is 436 g/mol. The third-order valence-corrected chi connectivity index (χ3v) is 8.00. The number of aliphatic hydroxyl groups is 1. The highest BCUT2D eigenvalue weighted by atomic mass is 16.5. The molecule has 1 saturated heterocycles. The van der Waals surface area contributed by atoms with Crippen LogP contribution in [0.4, 0.5) is 0 Å². The van der Waals surface area contributed by atoms with E-state index in [4.69, 9.17) is 14.0 Å². The summed E-state index contributed by atoms with van der Waals surface area (Å²) < 4.78 is 17.9. The molecule has 0 amide bonds. The predicted molar refractivity (Wildman–Crippen MR) is 126 cm³/mol. The Balaban J connectivity index is 1.14. The highest BCUT2D eigenvalue weighted by Crippen LogP contribution is 2.37. The fourth-order valence-corrected chi connectivity index (χ4v) is 5.92. The minimum absolute atomic E-state index is 0.0849. The van der Waals surface area contributed by atoms with Gasteiger partial charge in [0.1, 0.15) is 11.1 Å². The third kappa shape index (κ3) is 5.33. The van der Waals surface area contributed by atoms with E-state index in [9.17, 15) is 15.0 Å². The van der Waals surface area contributed by atoms with E-state index in [2.05, 4.69) is 10.1 Å². The summed E-state index contributed by atoms with van der Waals surface area (Å²) in [6.45, 7) is 3.45. The molecule has 186 valence electrons. The van der Waals surface area contributed by atoms with E-state index in [1.54, 1.807) is 0 Å². The fraction of sp³-hybridized carbons (Fsp3) is 0.692. The van der Waals surface area contributed by atoms with Crippen molar-refractivity contribution < 1.29 is 29.0 Å². The zero-order valence-electron chi connectivity index (χ0n) is 19.7. The minimum Gasteiger partial charge on any atom is -0.489 e. The van der Waals surface area contributed by atoms with Crippen LogP contribution in [0.2, 0.25) is 0 Å². The number of likely N-dealkylation sites (tertiary alicyclic amines) is 1. The number of aromatic nitrogens is 1. The zero-order valence-corrected chi connectivity index (χ0v) is 19.7. The highest BCUT2D eigenvalue weighted by Gasteiger charge is 2.34. The summed E-state index contributed by atoms with van der Waals surface area (Å²) in [7, 11) is 0. The van der Waals surface area contributed by atoms with Gasteiger partial charge in [-0.25, -0.2) is 0 Å². The minimum atomic E-state index is -0.630. The molecule has 3 aliphatic rings. The summed E-state index contributed by atoms with van der Waals surface area (Å²) >= 11 is 0. The van der Waals surface area contributed by atoms with Crippen LogP contribution >= 0.6 is 0 Å². The summed E-state index contributed by atoms with van der Waals surface area (Å²) in [4.78, 5) is 13.9. The molecule has 1 aromatic carbocycles. The normalized spacial score (nSPS) is 28.9. The summed E-state index contributed by atoms with van der Waals surface area (Å²) in [6.07, 6.45) is 8.05. The molecule has 8 nitrogen and oxygen atoms in total. The molecule has 3 fully saturated rings. The van der Waals surface area contributed by atoms with Gasteiger partial charge in [0.2, 0.25) is 0 Å². The average molecular weight is 473 g/mol.